The van der Waals surface area contributed by atoms with Crippen LogP contribution >= 0.6 is 11.3 Å². The summed E-state index contributed by atoms with van der Waals surface area (Å²) >= 11 is 1.47. The molecule has 0 aliphatic heterocycles. The van der Waals surface area contributed by atoms with E-state index in [9.17, 15) is 14.4 Å². The average Bonchev–Trinajstić information content (AvgIpc) is 3.11. The first-order valence-electron chi connectivity index (χ1n) is 9.84. The first-order valence-corrected chi connectivity index (χ1v) is 10.7. The number of ketones is 1. The van der Waals surface area contributed by atoms with E-state index < -0.39 is 6.04 Å². The summed E-state index contributed by atoms with van der Waals surface area (Å²) < 4.78 is 1.36. The lowest BCUT2D eigenvalue weighted by atomic mass is 10.0. The van der Waals surface area contributed by atoms with Crippen molar-refractivity contribution in [3.63, 3.8) is 0 Å². The van der Waals surface area contributed by atoms with Gasteiger partial charge in [0.25, 0.3) is 5.56 Å². The molecule has 2 aromatic heterocycles. The van der Waals surface area contributed by atoms with Gasteiger partial charge in [-0.2, -0.15) is 0 Å². The Bertz CT molecular complexity index is 1340. The number of aromatic nitrogens is 2. The normalized spacial score (nSPS) is 12.0. The van der Waals surface area contributed by atoms with Crippen molar-refractivity contribution in [1.82, 2.24) is 9.55 Å². The first kappa shape index (κ1) is 20.7. The number of amides is 1. The van der Waals surface area contributed by atoms with Crippen molar-refractivity contribution < 1.29 is 9.59 Å². The summed E-state index contributed by atoms with van der Waals surface area (Å²) in [6, 6.07) is 15.6. The monoisotopic (exact) mass is 431 g/mol. The largest absolute Gasteiger partial charge is 0.324 e. The van der Waals surface area contributed by atoms with Crippen molar-refractivity contribution in [3.05, 3.63) is 81.7 Å². The molecule has 31 heavy (non-hydrogen) atoms. The third-order valence-electron chi connectivity index (χ3n) is 5.23. The molecular weight excluding hydrogens is 410 g/mol. The van der Waals surface area contributed by atoms with Gasteiger partial charge in [-0.15, -0.1) is 11.3 Å². The summed E-state index contributed by atoms with van der Waals surface area (Å²) in [5, 5.41) is 3.33. The summed E-state index contributed by atoms with van der Waals surface area (Å²) in [5.41, 5.74) is 2.69. The molecule has 0 aliphatic carbocycles. The minimum absolute atomic E-state index is 0.0440. The third kappa shape index (κ3) is 3.92. The van der Waals surface area contributed by atoms with Crippen LogP contribution in [0, 0.1) is 6.92 Å². The molecule has 0 fully saturated rings. The van der Waals surface area contributed by atoms with Crippen molar-refractivity contribution in [2.75, 3.05) is 5.32 Å². The van der Waals surface area contributed by atoms with Crippen molar-refractivity contribution in [3.8, 4) is 11.1 Å². The van der Waals surface area contributed by atoms with Crippen LogP contribution < -0.4 is 10.9 Å². The Morgan fingerprint density at radius 1 is 1.06 bits per heavy atom. The molecule has 2 heterocycles. The number of carbonyl (C=O) groups excluding carboxylic acids is 2. The molecule has 7 heteroatoms. The Balaban J connectivity index is 1.69. The fourth-order valence-electron chi connectivity index (χ4n) is 3.51. The maximum atomic E-state index is 13.4. The van der Waals surface area contributed by atoms with Crippen LogP contribution in [0.5, 0.6) is 0 Å². The van der Waals surface area contributed by atoms with Gasteiger partial charge in [0.05, 0.1) is 11.7 Å². The van der Waals surface area contributed by atoms with Crippen LogP contribution in [-0.2, 0) is 4.79 Å². The second-order valence-electron chi connectivity index (χ2n) is 7.34. The van der Waals surface area contributed by atoms with Gasteiger partial charge in [-0.05, 0) is 50.6 Å². The van der Waals surface area contributed by atoms with Gasteiger partial charge in [-0.3, -0.25) is 19.0 Å². The molecule has 4 aromatic rings. The van der Waals surface area contributed by atoms with Crippen LogP contribution in [0.2, 0.25) is 0 Å². The average molecular weight is 432 g/mol. The number of hydrogen-bond donors (Lipinski definition) is 1. The van der Waals surface area contributed by atoms with E-state index in [4.69, 9.17) is 0 Å². The van der Waals surface area contributed by atoms with Crippen molar-refractivity contribution in [2.45, 2.75) is 26.8 Å². The van der Waals surface area contributed by atoms with Gasteiger partial charge in [0.1, 0.15) is 10.9 Å². The van der Waals surface area contributed by atoms with E-state index in [0.717, 1.165) is 16.0 Å². The highest BCUT2D eigenvalue weighted by Gasteiger charge is 2.22. The van der Waals surface area contributed by atoms with Gasteiger partial charge in [-0.1, -0.05) is 30.3 Å². The van der Waals surface area contributed by atoms with Gasteiger partial charge in [0, 0.05) is 21.7 Å². The topological polar surface area (TPSA) is 81.1 Å². The minimum Gasteiger partial charge on any atom is -0.324 e. The van der Waals surface area contributed by atoms with Crippen molar-refractivity contribution in [2.24, 2.45) is 0 Å². The summed E-state index contributed by atoms with van der Waals surface area (Å²) in [4.78, 5) is 43.7. The van der Waals surface area contributed by atoms with E-state index in [1.807, 2.05) is 37.3 Å². The third-order valence-corrected chi connectivity index (χ3v) is 6.24. The second kappa shape index (κ2) is 8.28. The van der Waals surface area contributed by atoms with Gasteiger partial charge in [0.15, 0.2) is 5.78 Å². The molecule has 1 unspecified atom stereocenters. The highest BCUT2D eigenvalue weighted by atomic mass is 32.1. The number of nitrogens with zero attached hydrogens (tertiary/aromatic N) is 2. The number of carbonyl (C=O) groups is 2. The fraction of sp³-hybridized carbons (Fsp3) is 0.167. The smallest absolute Gasteiger partial charge is 0.263 e. The zero-order valence-corrected chi connectivity index (χ0v) is 18.2. The van der Waals surface area contributed by atoms with Gasteiger partial charge < -0.3 is 5.32 Å². The molecule has 0 radical (unpaired) electrons. The SMILES string of the molecule is CC(=O)c1ccc(NC(=O)C(C)n2cnc3sc(C)c(-c4ccccc4)c3c2=O)cc1. The van der Waals surface area contributed by atoms with E-state index in [-0.39, 0.29) is 17.2 Å². The second-order valence-corrected chi connectivity index (χ2v) is 8.54. The Morgan fingerprint density at radius 3 is 2.39 bits per heavy atom. The number of nitrogens with one attached hydrogen (secondary N) is 1. The lowest BCUT2D eigenvalue weighted by Crippen LogP contribution is -2.31. The maximum absolute atomic E-state index is 13.4. The Morgan fingerprint density at radius 2 is 1.74 bits per heavy atom. The molecule has 6 nitrogen and oxygen atoms in total. The van der Waals surface area contributed by atoms with E-state index in [1.165, 1.54) is 29.2 Å². The van der Waals surface area contributed by atoms with E-state index in [0.29, 0.717) is 21.5 Å². The van der Waals surface area contributed by atoms with Crippen LogP contribution in [0.1, 0.15) is 35.1 Å². The van der Waals surface area contributed by atoms with E-state index in [1.54, 1.807) is 31.2 Å². The number of aryl methyl sites for hydroxylation is 1. The first-order chi connectivity index (χ1) is 14.9. The molecule has 0 bridgehead atoms. The summed E-state index contributed by atoms with van der Waals surface area (Å²) in [6.07, 6.45) is 1.43. The summed E-state index contributed by atoms with van der Waals surface area (Å²) in [5.74, 6) is -0.385. The Kier molecular flexibility index (Phi) is 5.52. The van der Waals surface area contributed by atoms with Crippen LogP contribution in [0.4, 0.5) is 5.69 Å². The number of benzene rings is 2. The molecule has 1 N–H and O–H groups in total. The molecule has 0 aliphatic rings. The molecule has 0 saturated heterocycles. The molecule has 1 amide bonds. The minimum atomic E-state index is -0.763. The number of hydrogen-bond acceptors (Lipinski definition) is 5. The molecular formula is C24H21N3O3S. The van der Waals surface area contributed by atoms with Crippen molar-refractivity contribution in [1.29, 1.82) is 0 Å². The summed E-state index contributed by atoms with van der Waals surface area (Å²) in [6.45, 7) is 5.12. The predicted octanol–water partition coefficient (Wildman–Crippen LogP) is 4.84. The highest BCUT2D eigenvalue weighted by molar-refractivity contribution is 7.19. The molecule has 0 spiro atoms. The molecule has 2 aromatic carbocycles. The maximum Gasteiger partial charge on any atom is 0.263 e. The quantitative estimate of drug-likeness (QED) is 0.459. The van der Waals surface area contributed by atoms with Gasteiger partial charge in [0.2, 0.25) is 5.91 Å². The standard InChI is InChI=1S/C24H21N3O3S/c1-14(22(29)26-19-11-9-17(10-12-19)15(2)28)27-13-25-23-21(24(27)30)20(16(3)31-23)18-7-5-4-6-8-18/h4-14H,1-3H3,(H,26,29). The summed E-state index contributed by atoms with van der Waals surface area (Å²) in [7, 11) is 0. The van der Waals surface area contributed by atoms with Crippen LogP contribution in [0.15, 0.2) is 65.7 Å². The van der Waals surface area contributed by atoms with E-state index in [2.05, 4.69) is 10.3 Å². The lowest BCUT2D eigenvalue weighted by molar-refractivity contribution is -0.118. The molecule has 4 rings (SSSR count). The number of anilines is 1. The molecule has 1 atom stereocenters. The number of thiophene rings is 1. The number of fused-ring (bicyclic) bond motifs is 1. The van der Waals surface area contributed by atoms with Gasteiger partial charge >= 0.3 is 0 Å². The number of Topliss-reactive ketones (excluding diaryl/α,β-unsaturated/α-hetero) is 1. The Labute approximate surface area is 183 Å². The number of rotatable bonds is 5. The van der Waals surface area contributed by atoms with Crippen LogP contribution in [0.25, 0.3) is 21.3 Å². The predicted molar refractivity (Wildman–Crippen MR) is 124 cm³/mol. The zero-order valence-electron chi connectivity index (χ0n) is 17.4. The van der Waals surface area contributed by atoms with E-state index >= 15 is 0 Å². The molecule has 0 saturated carbocycles. The van der Waals surface area contributed by atoms with Crippen LogP contribution in [0.3, 0.4) is 0 Å². The lowest BCUT2D eigenvalue weighted by Gasteiger charge is -2.15. The fourth-order valence-corrected chi connectivity index (χ4v) is 4.51. The Hall–Kier alpha value is -3.58. The van der Waals surface area contributed by atoms with Crippen molar-refractivity contribution >= 4 is 38.9 Å². The zero-order chi connectivity index (χ0) is 22.1. The molecule has 156 valence electrons. The van der Waals surface area contributed by atoms with Crippen LogP contribution in [-0.4, -0.2) is 21.2 Å². The highest BCUT2D eigenvalue weighted by Crippen LogP contribution is 2.35. The van der Waals surface area contributed by atoms with Gasteiger partial charge in [-0.25, -0.2) is 4.98 Å².